The minimum atomic E-state index is -0.201. The Hall–Kier alpha value is -2.66. The quantitative estimate of drug-likeness (QED) is 0.823. The second-order valence-electron chi connectivity index (χ2n) is 7.05. The molecule has 1 saturated heterocycles. The van der Waals surface area contributed by atoms with Crippen molar-refractivity contribution in [2.24, 2.45) is 0 Å². The predicted octanol–water partition coefficient (Wildman–Crippen LogP) is 3.39. The van der Waals surface area contributed by atoms with Gasteiger partial charge < -0.3 is 15.4 Å². The lowest BCUT2D eigenvalue weighted by Crippen LogP contribution is -2.32. The molecule has 3 rings (SSSR count). The number of nitrogens with one attached hydrogen (secondary N) is 2. The summed E-state index contributed by atoms with van der Waals surface area (Å²) in [6, 6.07) is 13.1. The Labute approximate surface area is 160 Å². The van der Waals surface area contributed by atoms with E-state index in [1.54, 1.807) is 18.2 Å². The lowest BCUT2D eigenvalue weighted by atomic mass is 10.0. The number of carbonyl (C=O) groups excluding carboxylic acids is 2. The molecule has 1 aliphatic rings. The summed E-state index contributed by atoms with van der Waals surface area (Å²) in [6.07, 6.45) is 2.36. The molecule has 5 nitrogen and oxygen atoms in total. The summed E-state index contributed by atoms with van der Waals surface area (Å²) < 4.78 is 5.54. The molecule has 0 bridgehead atoms. The van der Waals surface area contributed by atoms with Crippen molar-refractivity contribution in [2.75, 3.05) is 18.5 Å². The molecular weight excluding hydrogens is 340 g/mol. The predicted molar refractivity (Wildman–Crippen MR) is 106 cm³/mol. The summed E-state index contributed by atoms with van der Waals surface area (Å²) in [4.78, 5) is 25.0. The van der Waals surface area contributed by atoms with E-state index >= 15 is 0 Å². The van der Waals surface area contributed by atoms with E-state index in [0.717, 1.165) is 30.6 Å². The minimum Gasteiger partial charge on any atom is -0.376 e. The number of rotatable bonds is 6. The Kier molecular flexibility index (Phi) is 6.24. The Morgan fingerprint density at radius 1 is 1.15 bits per heavy atom. The fraction of sp³-hybridized carbons (Fsp3) is 0.364. The summed E-state index contributed by atoms with van der Waals surface area (Å²) in [5, 5.41) is 5.78. The number of aryl methyl sites for hydroxylation is 2. The highest BCUT2D eigenvalue weighted by Gasteiger charge is 2.18. The Morgan fingerprint density at radius 3 is 2.70 bits per heavy atom. The van der Waals surface area contributed by atoms with Crippen LogP contribution in [0.4, 0.5) is 5.69 Å². The SMILES string of the molecule is Cc1ccc(CC(=O)Nc2ccccc2C(=O)NC[C@@H]2CCCO2)c(C)c1. The summed E-state index contributed by atoms with van der Waals surface area (Å²) >= 11 is 0. The zero-order valence-corrected chi connectivity index (χ0v) is 15.9. The van der Waals surface area contributed by atoms with Gasteiger partial charge in [-0.25, -0.2) is 0 Å². The van der Waals surface area contributed by atoms with Crippen LogP contribution in [0.1, 0.15) is 39.9 Å². The van der Waals surface area contributed by atoms with Crippen molar-refractivity contribution in [3.63, 3.8) is 0 Å². The van der Waals surface area contributed by atoms with Crippen molar-refractivity contribution in [1.29, 1.82) is 0 Å². The molecule has 0 spiro atoms. The summed E-state index contributed by atoms with van der Waals surface area (Å²) in [6.45, 7) is 5.28. The van der Waals surface area contributed by atoms with Crippen LogP contribution in [0, 0.1) is 13.8 Å². The molecule has 27 heavy (non-hydrogen) atoms. The third kappa shape index (κ3) is 5.17. The molecule has 2 aromatic rings. The zero-order valence-electron chi connectivity index (χ0n) is 15.9. The van der Waals surface area contributed by atoms with E-state index in [4.69, 9.17) is 4.74 Å². The number of amides is 2. The Bertz CT molecular complexity index is 826. The maximum absolute atomic E-state index is 12.5. The maximum Gasteiger partial charge on any atom is 0.253 e. The van der Waals surface area contributed by atoms with Gasteiger partial charge in [0.1, 0.15) is 0 Å². The fourth-order valence-electron chi connectivity index (χ4n) is 3.31. The van der Waals surface area contributed by atoms with Crippen molar-refractivity contribution < 1.29 is 14.3 Å². The van der Waals surface area contributed by atoms with Gasteiger partial charge in [-0.15, -0.1) is 0 Å². The van der Waals surface area contributed by atoms with E-state index in [1.165, 1.54) is 5.56 Å². The van der Waals surface area contributed by atoms with Gasteiger partial charge >= 0.3 is 0 Å². The Morgan fingerprint density at radius 2 is 1.96 bits per heavy atom. The van der Waals surface area contributed by atoms with Crippen LogP contribution >= 0.6 is 0 Å². The molecule has 0 radical (unpaired) electrons. The lowest BCUT2D eigenvalue weighted by molar-refractivity contribution is -0.115. The van der Waals surface area contributed by atoms with Crippen LogP contribution in [-0.4, -0.2) is 31.1 Å². The van der Waals surface area contributed by atoms with Crippen LogP contribution in [0.25, 0.3) is 0 Å². The number of ether oxygens (including phenoxy) is 1. The van der Waals surface area contributed by atoms with Crippen LogP contribution in [-0.2, 0) is 16.0 Å². The molecule has 5 heteroatoms. The molecule has 0 unspecified atom stereocenters. The zero-order chi connectivity index (χ0) is 19.2. The average molecular weight is 366 g/mol. The highest BCUT2D eigenvalue weighted by Crippen LogP contribution is 2.17. The molecule has 2 N–H and O–H groups in total. The molecule has 2 aromatic carbocycles. The van der Waals surface area contributed by atoms with Gasteiger partial charge in [-0.2, -0.15) is 0 Å². The summed E-state index contributed by atoms with van der Waals surface area (Å²) in [7, 11) is 0. The van der Waals surface area contributed by atoms with E-state index in [9.17, 15) is 9.59 Å². The second-order valence-corrected chi connectivity index (χ2v) is 7.05. The standard InChI is InChI=1S/C22H26N2O3/c1-15-9-10-17(16(2)12-15)13-21(25)24-20-8-4-3-7-19(20)22(26)23-14-18-6-5-11-27-18/h3-4,7-10,12,18H,5-6,11,13-14H2,1-2H3,(H,23,26)(H,24,25)/t18-/m0/s1. The smallest absolute Gasteiger partial charge is 0.253 e. The molecule has 142 valence electrons. The first kappa shape index (κ1) is 19.1. The van der Waals surface area contributed by atoms with Gasteiger partial charge in [0.15, 0.2) is 0 Å². The lowest BCUT2D eigenvalue weighted by Gasteiger charge is -2.14. The number of hydrogen-bond donors (Lipinski definition) is 2. The van der Waals surface area contributed by atoms with E-state index in [-0.39, 0.29) is 24.3 Å². The van der Waals surface area contributed by atoms with E-state index < -0.39 is 0 Å². The van der Waals surface area contributed by atoms with Crippen molar-refractivity contribution in [3.05, 3.63) is 64.7 Å². The molecule has 0 aromatic heterocycles. The fourth-order valence-corrected chi connectivity index (χ4v) is 3.31. The number of carbonyl (C=O) groups is 2. The first-order chi connectivity index (χ1) is 13.0. The van der Waals surface area contributed by atoms with Crippen LogP contribution < -0.4 is 10.6 Å². The van der Waals surface area contributed by atoms with E-state index in [1.807, 2.05) is 32.0 Å². The topological polar surface area (TPSA) is 67.4 Å². The van der Waals surface area contributed by atoms with Crippen LogP contribution in [0.5, 0.6) is 0 Å². The molecule has 1 atom stereocenters. The highest BCUT2D eigenvalue weighted by molar-refractivity contribution is 6.04. The first-order valence-corrected chi connectivity index (χ1v) is 9.38. The second kappa shape index (κ2) is 8.82. The van der Waals surface area contributed by atoms with Gasteiger partial charge in [0.2, 0.25) is 5.91 Å². The molecule has 1 fully saturated rings. The van der Waals surface area contributed by atoms with Crippen LogP contribution in [0.3, 0.4) is 0 Å². The van der Waals surface area contributed by atoms with Crippen molar-refractivity contribution >= 4 is 17.5 Å². The Balaban J connectivity index is 1.64. The van der Waals surface area contributed by atoms with Crippen molar-refractivity contribution in [1.82, 2.24) is 5.32 Å². The summed E-state index contributed by atoms with van der Waals surface area (Å²) in [5.41, 5.74) is 4.23. The van der Waals surface area contributed by atoms with E-state index in [2.05, 4.69) is 16.7 Å². The molecule has 0 saturated carbocycles. The molecule has 1 aliphatic heterocycles. The summed E-state index contributed by atoms with van der Waals surface area (Å²) in [5.74, 6) is -0.339. The normalized spacial score (nSPS) is 16.1. The minimum absolute atomic E-state index is 0.0835. The molecule has 1 heterocycles. The van der Waals surface area contributed by atoms with Gasteiger partial charge in [0, 0.05) is 13.2 Å². The third-order valence-corrected chi connectivity index (χ3v) is 4.81. The number of anilines is 1. The molecular formula is C22H26N2O3. The van der Waals surface area contributed by atoms with E-state index in [0.29, 0.717) is 17.8 Å². The molecule has 2 amide bonds. The number of benzene rings is 2. The van der Waals surface area contributed by atoms with Gasteiger partial charge in [0.25, 0.3) is 5.91 Å². The van der Waals surface area contributed by atoms with Crippen LogP contribution in [0.2, 0.25) is 0 Å². The van der Waals surface area contributed by atoms with Gasteiger partial charge in [-0.3, -0.25) is 9.59 Å². The number of para-hydroxylation sites is 1. The van der Waals surface area contributed by atoms with Crippen molar-refractivity contribution in [2.45, 2.75) is 39.2 Å². The van der Waals surface area contributed by atoms with Gasteiger partial charge in [0.05, 0.1) is 23.8 Å². The van der Waals surface area contributed by atoms with Crippen molar-refractivity contribution in [3.8, 4) is 0 Å². The first-order valence-electron chi connectivity index (χ1n) is 9.38. The number of hydrogen-bond acceptors (Lipinski definition) is 3. The average Bonchev–Trinajstić information content (AvgIpc) is 3.16. The third-order valence-electron chi connectivity index (χ3n) is 4.81. The highest BCUT2D eigenvalue weighted by atomic mass is 16.5. The van der Waals surface area contributed by atoms with Gasteiger partial charge in [-0.05, 0) is 49.9 Å². The largest absolute Gasteiger partial charge is 0.376 e. The maximum atomic E-state index is 12.5. The molecule has 0 aliphatic carbocycles. The van der Waals surface area contributed by atoms with Crippen LogP contribution in [0.15, 0.2) is 42.5 Å². The van der Waals surface area contributed by atoms with Gasteiger partial charge in [-0.1, -0.05) is 35.9 Å². The monoisotopic (exact) mass is 366 g/mol.